The number of benzene rings is 2. The molecule has 1 unspecified atom stereocenters. The van der Waals surface area contributed by atoms with Gasteiger partial charge in [0.25, 0.3) is 0 Å². The van der Waals surface area contributed by atoms with Crippen molar-refractivity contribution >= 4 is 16.2 Å². The predicted octanol–water partition coefficient (Wildman–Crippen LogP) is 2.16. The van der Waals surface area contributed by atoms with E-state index in [1.807, 2.05) is 30.3 Å². The molecule has 0 saturated carbocycles. The normalized spacial score (nSPS) is 14.3. The monoisotopic (exact) mass is 584 g/mol. The predicted molar refractivity (Wildman–Crippen MR) is 122 cm³/mol. The van der Waals surface area contributed by atoms with Gasteiger partial charge < -0.3 is 24.8 Å². The third-order valence-electron chi connectivity index (χ3n) is 5.22. The van der Waals surface area contributed by atoms with Crippen LogP contribution in [-0.4, -0.2) is 5.43 Å². The number of halogens is 5. The molecular weight excluding hydrogens is 559 g/mol. The van der Waals surface area contributed by atoms with Gasteiger partial charge in [-0.2, -0.15) is 11.1 Å². The molecule has 0 heterocycles. The summed E-state index contributed by atoms with van der Waals surface area (Å²) in [6, 6.07) is 12.4. The van der Waals surface area contributed by atoms with Crippen LogP contribution >= 0.6 is 0 Å². The molecule has 0 amide bonds. The van der Waals surface area contributed by atoms with Gasteiger partial charge in [0.15, 0.2) is 11.6 Å². The van der Waals surface area contributed by atoms with E-state index in [0.717, 1.165) is 16.8 Å². The Kier molecular flexibility index (Phi) is 14.0. The average molecular weight is 587 g/mol. The smallest absolute Gasteiger partial charge is 0.161 e. The Morgan fingerprint density at radius 2 is 1.45 bits per heavy atom. The van der Waals surface area contributed by atoms with E-state index in [-0.39, 0.29) is 35.8 Å². The third kappa shape index (κ3) is 8.62. The van der Waals surface area contributed by atoms with Crippen LogP contribution in [0.5, 0.6) is 0 Å². The number of hydrogen-bond donors (Lipinski definition) is 0. The van der Waals surface area contributed by atoms with Crippen LogP contribution in [0, 0.1) is 29.4 Å². The molecule has 0 bridgehead atoms. The maximum Gasteiger partial charge on any atom is 0.161 e. The van der Waals surface area contributed by atoms with Gasteiger partial charge in [-0.25, -0.2) is 18.7 Å². The average Bonchev–Trinajstić information content (AvgIpc) is 3.22. The standard InChI is InChI=1S/C15H8F3.C9H13.C2H6Si.2ClH.Zr/c16-13-8-15(18)14(17)7-12(13)11-6-5-9-3-1-2-4-10(9)11;1-6-5-7(2)9(4)8(6)3;1-3-2;;;/h1-8H;6H,1-4H3;1-2H3;2*1H;/q2*-1;;;;+2/p-2. The molecule has 0 fully saturated rings. The largest absolute Gasteiger partial charge is 1.00 e. The fraction of sp³-hybridized carbons (Fsp3) is 0.269. The number of allylic oxidation sites excluding steroid dienone is 4. The summed E-state index contributed by atoms with van der Waals surface area (Å²) in [5.74, 6) is -2.42. The van der Waals surface area contributed by atoms with Crippen LogP contribution < -0.4 is 24.8 Å². The van der Waals surface area contributed by atoms with Crippen LogP contribution in [0.3, 0.4) is 0 Å². The van der Waals surface area contributed by atoms with Crippen molar-refractivity contribution in [2.75, 3.05) is 0 Å². The van der Waals surface area contributed by atoms with E-state index in [9.17, 15) is 13.2 Å². The Labute approximate surface area is 222 Å². The van der Waals surface area contributed by atoms with Crippen LogP contribution in [0.15, 0.2) is 65.3 Å². The zero-order chi connectivity index (χ0) is 23.3. The molecular formula is C26H27Cl2F3SiZr-2. The van der Waals surface area contributed by atoms with Crippen molar-refractivity contribution in [3.05, 3.63) is 88.8 Å². The van der Waals surface area contributed by atoms with Crippen molar-refractivity contribution in [1.29, 1.82) is 0 Å². The van der Waals surface area contributed by atoms with Gasteiger partial charge >= 0.3 is 41.9 Å². The molecule has 4 rings (SSSR count). The summed E-state index contributed by atoms with van der Waals surface area (Å²) < 4.78 is 39.8. The Morgan fingerprint density at radius 3 is 1.94 bits per heavy atom. The zero-order valence-electron chi connectivity index (χ0n) is 19.6. The summed E-state index contributed by atoms with van der Waals surface area (Å²) in [5, 5.41) is 1.76. The van der Waals surface area contributed by atoms with E-state index >= 15 is 0 Å². The van der Waals surface area contributed by atoms with Gasteiger partial charge in [-0.15, -0.1) is 53.6 Å². The fourth-order valence-corrected chi connectivity index (χ4v) is 3.28. The Balaban J connectivity index is 0.000000580. The van der Waals surface area contributed by atoms with E-state index in [1.54, 1.807) is 29.4 Å². The maximum atomic E-state index is 13.7. The third-order valence-corrected chi connectivity index (χ3v) is 5.22. The molecule has 0 nitrogen and oxygen atoms in total. The summed E-state index contributed by atoms with van der Waals surface area (Å²) >= 11 is 1.74. The molecule has 33 heavy (non-hydrogen) atoms. The second-order valence-electron chi connectivity index (χ2n) is 7.88. The van der Waals surface area contributed by atoms with Gasteiger partial charge in [0.1, 0.15) is 5.82 Å². The quantitative estimate of drug-likeness (QED) is 0.233. The minimum Gasteiger partial charge on any atom is -1.00 e. The zero-order valence-corrected chi connectivity index (χ0v) is 24.6. The number of rotatable bonds is 1. The Morgan fingerprint density at radius 1 is 0.909 bits per heavy atom. The van der Waals surface area contributed by atoms with Crippen molar-refractivity contribution in [2.24, 2.45) is 5.92 Å². The molecule has 3 aromatic rings. The molecule has 0 aliphatic heterocycles. The number of fused-ring (bicyclic) bond motifs is 1. The molecule has 1 atom stereocenters. The maximum absolute atomic E-state index is 13.7. The molecule has 0 aromatic heterocycles. The molecule has 176 valence electrons. The summed E-state index contributed by atoms with van der Waals surface area (Å²) in [6.07, 6.45) is 3.36. The molecule has 0 N–H and O–H groups in total. The second-order valence-corrected chi connectivity index (χ2v) is 17.3. The van der Waals surface area contributed by atoms with Crippen LogP contribution in [0.4, 0.5) is 13.2 Å². The summed E-state index contributed by atoms with van der Waals surface area (Å²) in [7, 11) is 0. The minimum atomic E-state index is -1.17. The first-order chi connectivity index (χ1) is 14.5. The van der Waals surface area contributed by atoms with E-state index in [1.165, 1.54) is 16.7 Å². The van der Waals surface area contributed by atoms with Gasteiger partial charge in [-0.05, 0) is 11.6 Å². The van der Waals surface area contributed by atoms with Gasteiger partial charge in [-0.3, -0.25) is 6.08 Å². The van der Waals surface area contributed by atoms with Gasteiger partial charge in [-0.1, -0.05) is 32.8 Å². The van der Waals surface area contributed by atoms with Crippen LogP contribution in [0.2, 0.25) is 13.1 Å². The van der Waals surface area contributed by atoms with E-state index in [2.05, 4.69) is 46.9 Å². The van der Waals surface area contributed by atoms with Crippen molar-refractivity contribution in [1.82, 2.24) is 0 Å². The van der Waals surface area contributed by atoms with Crippen molar-refractivity contribution in [3.63, 3.8) is 0 Å². The van der Waals surface area contributed by atoms with Crippen molar-refractivity contribution < 1.29 is 61.3 Å². The summed E-state index contributed by atoms with van der Waals surface area (Å²) in [6.45, 7) is 13.3. The molecule has 3 aromatic carbocycles. The van der Waals surface area contributed by atoms with Gasteiger partial charge in [0.2, 0.25) is 0 Å². The minimum absolute atomic E-state index is 0. The molecule has 0 radical (unpaired) electrons. The molecule has 1 aliphatic rings. The van der Waals surface area contributed by atoms with E-state index in [4.69, 9.17) is 0 Å². The van der Waals surface area contributed by atoms with E-state index in [0.29, 0.717) is 17.5 Å². The SMILES string of the molecule is CC1=[C-]C(C)C(C)=C1C.C[Si](C)=[Zr+2].Fc1cc(F)c(-c2c[cH-]c3ccccc23)cc1F.[Cl-].[Cl-]. The second kappa shape index (κ2) is 14.4. The Hall–Kier alpha value is -1.00. The van der Waals surface area contributed by atoms with Crippen LogP contribution in [-0.2, 0) is 23.3 Å². The number of hydrogen-bond acceptors (Lipinski definition) is 0. The Bertz CT molecular complexity index is 1160. The fourth-order valence-electron chi connectivity index (χ4n) is 3.28. The van der Waals surface area contributed by atoms with E-state index < -0.39 is 17.5 Å². The summed E-state index contributed by atoms with van der Waals surface area (Å²) in [5.41, 5.74) is 5.11. The first-order valence-electron chi connectivity index (χ1n) is 10.1. The molecule has 0 saturated heterocycles. The van der Waals surface area contributed by atoms with Crippen molar-refractivity contribution in [2.45, 2.75) is 40.8 Å². The van der Waals surface area contributed by atoms with Crippen LogP contribution in [0.25, 0.3) is 21.9 Å². The molecule has 7 heteroatoms. The van der Waals surface area contributed by atoms with Gasteiger partial charge in [0, 0.05) is 6.07 Å². The first-order valence-corrected chi connectivity index (χ1v) is 16.3. The van der Waals surface area contributed by atoms with Gasteiger partial charge in [0.05, 0.1) is 0 Å². The van der Waals surface area contributed by atoms with Crippen molar-refractivity contribution in [3.8, 4) is 11.1 Å². The topological polar surface area (TPSA) is 0 Å². The first kappa shape index (κ1) is 32.0. The summed E-state index contributed by atoms with van der Waals surface area (Å²) in [4.78, 5) is 0. The van der Waals surface area contributed by atoms with Crippen LogP contribution in [0.1, 0.15) is 27.7 Å². The molecule has 0 spiro atoms. The molecule has 1 aliphatic carbocycles.